The largest absolute Gasteiger partial charge is 0.480 e. The van der Waals surface area contributed by atoms with Crippen LogP contribution < -0.4 is 4.90 Å². The molecule has 22 heavy (non-hydrogen) atoms. The molecular weight excluding hydrogens is 318 g/mol. The van der Waals surface area contributed by atoms with Gasteiger partial charge in [-0.25, -0.2) is 9.78 Å². The predicted octanol–water partition coefficient (Wildman–Crippen LogP) is 2.97. The molecule has 0 spiro atoms. The number of carboxylic acids is 1. The van der Waals surface area contributed by atoms with Crippen molar-refractivity contribution in [1.82, 2.24) is 4.98 Å². The minimum atomic E-state index is -0.868. The number of aliphatic imine (C=N–C) groups is 1. The third-order valence-electron chi connectivity index (χ3n) is 3.23. The first-order valence-corrected chi connectivity index (χ1v) is 8.52. The van der Waals surface area contributed by atoms with E-state index in [9.17, 15) is 4.79 Å². The number of hydrogen-bond acceptors (Lipinski definition) is 6. The SMILES string of the molecule is CN(C)c1ccc2nc(/C=C/C3=NC(C(=O)O)CS3)sc2c1. The van der Waals surface area contributed by atoms with E-state index in [1.807, 2.05) is 38.4 Å². The highest BCUT2D eigenvalue weighted by atomic mass is 32.2. The summed E-state index contributed by atoms with van der Waals surface area (Å²) in [6.45, 7) is 0. The fourth-order valence-corrected chi connectivity index (χ4v) is 3.85. The number of carbonyl (C=O) groups is 1. The van der Waals surface area contributed by atoms with E-state index in [0.717, 1.165) is 26.0 Å². The van der Waals surface area contributed by atoms with Crippen LogP contribution in [0.25, 0.3) is 16.3 Å². The minimum absolute atomic E-state index is 0.501. The topological polar surface area (TPSA) is 65.8 Å². The van der Waals surface area contributed by atoms with Crippen LogP contribution in [0.3, 0.4) is 0 Å². The van der Waals surface area contributed by atoms with E-state index >= 15 is 0 Å². The Morgan fingerprint density at radius 3 is 2.91 bits per heavy atom. The van der Waals surface area contributed by atoms with Crippen LogP contribution in [0.2, 0.25) is 0 Å². The van der Waals surface area contributed by atoms with Gasteiger partial charge in [0, 0.05) is 25.5 Å². The molecule has 0 saturated heterocycles. The molecule has 5 nitrogen and oxygen atoms in total. The van der Waals surface area contributed by atoms with Crippen molar-refractivity contribution in [2.24, 2.45) is 4.99 Å². The maximum Gasteiger partial charge on any atom is 0.329 e. The van der Waals surface area contributed by atoms with Crippen molar-refractivity contribution in [3.8, 4) is 0 Å². The van der Waals surface area contributed by atoms with Crippen LogP contribution in [0.5, 0.6) is 0 Å². The fourth-order valence-electron chi connectivity index (χ4n) is 2.03. The van der Waals surface area contributed by atoms with E-state index < -0.39 is 12.0 Å². The normalized spacial score (nSPS) is 18.1. The number of carboxylic acid groups (broad SMARTS) is 1. The van der Waals surface area contributed by atoms with Gasteiger partial charge in [0.15, 0.2) is 6.04 Å². The van der Waals surface area contributed by atoms with Crippen LogP contribution >= 0.6 is 23.1 Å². The molecule has 0 fully saturated rings. The highest BCUT2D eigenvalue weighted by Crippen LogP contribution is 2.27. The smallest absolute Gasteiger partial charge is 0.329 e. The number of rotatable bonds is 4. The zero-order valence-electron chi connectivity index (χ0n) is 12.2. The van der Waals surface area contributed by atoms with Crippen molar-refractivity contribution in [3.05, 3.63) is 29.3 Å². The maximum absolute atomic E-state index is 10.9. The molecule has 1 aromatic carbocycles. The predicted molar refractivity (Wildman–Crippen MR) is 94.3 cm³/mol. The van der Waals surface area contributed by atoms with Crippen LogP contribution in [-0.2, 0) is 4.79 Å². The molecule has 0 amide bonds. The Hall–Kier alpha value is -1.86. The lowest BCUT2D eigenvalue weighted by atomic mass is 10.3. The van der Waals surface area contributed by atoms with Gasteiger partial charge in [0.2, 0.25) is 0 Å². The lowest BCUT2D eigenvalue weighted by molar-refractivity contribution is -0.137. The number of thioether (sulfide) groups is 1. The highest BCUT2D eigenvalue weighted by Gasteiger charge is 2.22. The van der Waals surface area contributed by atoms with Crippen molar-refractivity contribution in [2.75, 3.05) is 24.7 Å². The van der Waals surface area contributed by atoms with Crippen molar-refractivity contribution >= 4 is 56.1 Å². The number of thiazole rings is 1. The van der Waals surface area contributed by atoms with Crippen LogP contribution in [0.4, 0.5) is 5.69 Å². The summed E-state index contributed by atoms with van der Waals surface area (Å²) in [6, 6.07) is 5.56. The Morgan fingerprint density at radius 1 is 1.41 bits per heavy atom. The van der Waals surface area contributed by atoms with E-state index in [0.29, 0.717) is 5.75 Å². The van der Waals surface area contributed by atoms with Gasteiger partial charge in [-0.2, -0.15) is 0 Å². The maximum atomic E-state index is 10.9. The van der Waals surface area contributed by atoms with Gasteiger partial charge in [-0.1, -0.05) is 0 Å². The number of nitrogens with zero attached hydrogens (tertiary/aromatic N) is 3. The molecule has 1 aliphatic rings. The summed E-state index contributed by atoms with van der Waals surface area (Å²) < 4.78 is 1.13. The van der Waals surface area contributed by atoms with Crippen molar-refractivity contribution in [3.63, 3.8) is 0 Å². The molecule has 0 bridgehead atoms. The van der Waals surface area contributed by atoms with Gasteiger partial charge in [0.05, 0.1) is 15.3 Å². The van der Waals surface area contributed by atoms with Gasteiger partial charge in [-0.05, 0) is 30.4 Å². The molecule has 0 radical (unpaired) electrons. The van der Waals surface area contributed by atoms with Gasteiger partial charge in [-0.15, -0.1) is 23.1 Å². The molecule has 3 rings (SSSR count). The second-order valence-corrected chi connectivity index (χ2v) is 7.17. The quantitative estimate of drug-likeness (QED) is 0.932. The van der Waals surface area contributed by atoms with E-state index in [1.54, 1.807) is 11.3 Å². The second kappa shape index (κ2) is 6.10. The van der Waals surface area contributed by atoms with E-state index in [1.165, 1.54) is 11.8 Å². The van der Waals surface area contributed by atoms with E-state index in [2.05, 4.69) is 20.9 Å². The first-order chi connectivity index (χ1) is 10.5. The standard InChI is InChI=1S/C15H15N3O2S2/c1-18(2)9-3-4-10-12(7-9)22-14(16-10)6-5-13-17-11(8-21-13)15(19)20/h3-7,11H,8H2,1-2H3,(H,19,20)/b6-5+. The summed E-state index contributed by atoms with van der Waals surface area (Å²) in [5, 5.41) is 10.6. The van der Waals surface area contributed by atoms with E-state index in [4.69, 9.17) is 5.11 Å². The molecule has 1 aromatic heterocycles. The average molecular weight is 333 g/mol. The minimum Gasteiger partial charge on any atom is -0.480 e. The Bertz CT molecular complexity index is 780. The lowest BCUT2D eigenvalue weighted by Gasteiger charge is -2.11. The number of aliphatic carboxylic acids is 1. The summed E-state index contributed by atoms with van der Waals surface area (Å²) in [6.07, 6.45) is 3.74. The molecule has 0 saturated carbocycles. The molecular formula is C15H15N3O2S2. The van der Waals surface area contributed by atoms with Gasteiger partial charge in [-0.3, -0.25) is 4.99 Å². The summed E-state index contributed by atoms with van der Waals surface area (Å²) in [5.41, 5.74) is 2.12. The molecule has 1 aliphatic heterocycles. The van der Waals surface area contributed by atoms with Gasteiger partial charge >= 0.3 is 5.97 Å². The first kappa shape index (κ1) is 15.1. The number of fused-ring (bicyclic) bond motifs is 1. The number of anilines is 1. The number of hydrogen-bond donors (Lipinski definition) is 1. The molecule has 1 unspecified atom stereocenters. The summed E-state index contributed by atoms with van der Waals surface area (Å²) in [5.74, 6) is -0.367. The van der Waals surface area contributed by atoms with Crippen molar-refractivity contribution < 1.29 is 9.90 Å². The summed E-state index contributed by atoms with van der Waals surface area (Å²) >= 11 is 3.08. The third kappa shape index (κ3) is 3.15. The number of aromatic nitrogens is 1. The molecule has 2 heterocycles. The molecule has 1 atom stereocenters. The average Bonchev–Trinajstić information content (AvgIpc) is 3.10. The lowest BCUT2D eigenvalue weighted by Crippen LogP contribution is -2.16. The second-order valence-electron chi connectivity index (χ2n) is 5.06. The molecule has 0 aliphatic carbocycles. The Labute approximate surface area is 136 Å². The highest BCUT2D eigenvalue weighted by molar-refractivity contribution is 8.14. The monoisotopic (exact) mass is 333 g/mol. The van der Waals surface area contributed by atoms with Crippen molar-refractivity contribution in [1.29, 1.82) is 0 Å². The first-order valence-electron chi connectivity index (χ1n) is 6.72. The van der Waals surface area contributed by atoms with Crippen LogP contribution in [0.1, 0.15) is 5.01 Å². The molecule has 7 heteroatoms. The van der Waals surface area contributed by atoms with Crippen LogP contribution in [0, 0.1) is 0 Å². The molecule has 1 N–H and O–H groups in total. The summed E-state index contributed by atoms with van der Waals surface area (Å²) in [4.78, 5) is 21.6. The van der Waals surface area contributed by atoms with Crippen LogP contribution in [-0.4, -0.2) is 47.0 Å². The Morgan fingerprint density at radius 2 is 2.23 bits per heavy atom. The number of benzene rings is 1. The van der Waals surface area contributed by atoms with Crippen LogP contribution in [0.15, 0.2) is 29.3 Å². The van der Waals surface area contributed by atoms with Gasteiger partial charge < -0.3 is 10.0 Å². The Kier molecular flexibility index (Phi) is 4.17. The molecule has 114 valence electrons. The van der Waals surface area contributed by atoms with E-state index in [-0.39, 0.29) is 0 Å². The third-order valence-corrected chi connectivity index (χ3v) is 5.23. The van der Waals surface area contributed by atoms with Gasteiger partial charge in [0.25, 0.3) is 0 Å². The Balaban J connectivity index is 1.81. The zero-order valence-corrected chi connectivity index (χ0v) is 13.8. The molecule has 2 aromatic rings. The van der Waals surface area contributed by atoms with Crippen molar-refractivity contribution in [2.45, 2.75) is 6.04 Å². The van der Waals surface area contributed by atoms with Gasteiger partial charge in [0.1, 0.15) is 5.01 Å². The zero-order chi connectivity index (χ0) is 15.7. The summed E-state index contributed by atoms with van der Waals surface area (Å²) in [7, 11) is 4.02. The fraction of sp³-hybridized carbons (Fsp3) is 0.267.